The molecule has 0 spiro atoms. The van der Waals surface area contributed by atoms with Gasteiger partial charge in [-0.25, -0.2) is 4.79 Å². The Balaban J connectivity index is 1.46. The highest BCUT2D eigenvalue weighted by Gasteiger charge is 2.37. The summed E-state index contributed by atoms with van der Waals surface area (Å²) in [6, 6.07) is 4.21. The number of carboxylic acids is 1. The van der Waals surface area contributed by atoms with Gasteiger partial charge in [0.1, 0.15) is 0 Å². The minimum absolute atomic E-state index is 0.0522. The number of amides is 2. The maximum atomic E-state index is 12.7. The summed E-state index contributed by atoms with van der Waals surface area (Å²) in [5.41, 5.74) is 0. The number of hydrogen-bond donors (Lipinski definition) is 3. The van der Waals surface area contributed by atoms with E-state index in [0.717, 1.165) is 37.1 Å². The van der Waals surface area contributed by atoms with Crippen molar-refractivity contribution in [3.8, 4) is 0 Å². The van der Waals surface area contributed by atoms with Crippen LogP contribution in [0.3, 0.4) is 0 Å². The molecule has 1 aromatic heterocycles. The molecule has 8 heteroatoms. The number of nitrogens with zero attached hydrogens (tertiary/aromatic N) is 2. The normalized spacial score (nSPS) is 26.0. The van der Waals surface area contributed by atoms with Gasteiger partial charge in [-0.1, -0.05) is 13.0 Å². The fraction of sp³-hybridized carbons (Fsp3) is 0.684. The standard InChI is InChI=1S/C19H29N3O4S/c1-2-21(12-18(24)25)15-9-13(10-15)20-19(26)22-7-3-5-14(22)11-16(23)17-6-4-8-27-17/h4,6,8,13-16,23H,2-3,5,7,9-12H2,1H3,(H,20,26)(H,24,25). The van der Waals surface area contributed by atoms with E-state index in [4.69, 9.17) is 5.11 Å². The lowest BCUT2D eigenvalue weighted by Crippen LogP contribution is -2.57. The first-order valence-corrected chi connectivity index (χ1v) is 10.6. The second kappa shape index (κ2) is 9.03. The number of rotatable bonds is 8. The molecular formula is C19H29N3O4S. The van der Waals surface area contributed by atoms with Crippen LogP contribution in [-0.4, -0.2) is 69.8 Å². The van der Waals surface area contributed by atoms with Crippen molar-refractivity contribution < 1.29 is 19.8 Å². The predicted molar refractivity (Wildman–Crippen MR) is 104 cm³/mol. The zero-order valence-electron chi connectivity index (χ0n) is 15.7. The summed E-state index contributed by atoms with van der Waals surface area (Å²) in [6.07, 6.45) is 3.52. The van der Waals surface area contributed by atoms with E-state index in [2.05, 4.69) is 5.32 Å². The second-order valence-electron chi connectivity index (χ2n) is 7.48. The molecule has 3 rings (SSSR count). The monoisotopic (exact) mass is 395 g/mol. The number of carbonyl (C=O) groups is 2. The quantitative estimate of drug-likeness (QED) is 0.628. The molecule has 2 heterocycles. The van der Waals surface area contributed by atoms with E-state index in [0.29, 0.717) is 13.0 Å². The Labute approximate surface area is 164 Å². The van der Waals surface area contributed by atoms with E-state index in [1.165, 1.54) is 0 Å². The Morgan fingerprint density at radius 3 is 2.85 bits per heavy atom. The van der Waals surface area contributed by atoms with E-state index < -0.39 is 12.1 Å². The molecule has 2 unspecified atom stereocenters. The van der Waals surface area contributed by atoms with Gasteiger partial charge in [-0.05, 0) is 50.1 Å². The molecule has 7 nitrogen and oxygen atoms in total. The van der Waals surface area contributed by atoms with Gasteiger partial charge in [0.25, 0.3) is 0 Å². The van der Waals surface area contributed by atoms with Crippen LogP contribution in [0.4, 0.5) is 4.79 Å². The van der Waals surface area contributed by atoms with Crippen LogP contribution in [0.25, 0.3) is 0 Å². The van der Waals surface area contributed by atoms with Gasteiger partial charge in [0.2, 0.25) is 0 Å². The number of aliphatic hydroxyl groups is 1. The van der Waals surface area contributed by atoms with Crippen molar-refractivity contribution in [2.75, 3.05) is 19.6 Å². The molecule has 1 aromatic rings. The molecule has 2 aliphatic rings. The maximum Gasteiger partial charge on any atom is 0.317 e. The number of hydrogen-bond acceptors (Lipinski definition) is 5. The molecule has 0 bridgehead atoms. The van der Waals surface area contributed by atoms with Crippen molar-refractivity contribution in [2.45, 2.75) is 63.3 Å². The summed E-state index contributed by atoms with van der Waals surface area (Å²) in [5.74, 6) is -0.812. The minimum atomic E-state index is -0.812. The SMILES string of the molecule is CCN(CC(=O)O)C1CC(NC(=O)N2CCCC2CC(O)c2cccs2)C1. The van der Waals surface area contributed by atoms with Gasteiger partial charge in [-0.2, -0.15) is 0 Å². The van der Waals surface area contributed by atoms with E-state index in [1.54, 1.807) is 11.3 Å². The number of nitrogens with one attached hydrogen (secondary N) is 1. The van der Waals surface area contributed by atoms with Crippen molar-refractivity contribution in [1.82, 2.24) is 15.1 Å². The molecule has 1 aliphatic heterocycles. The van der Waals surface area contributed by atoms with Crippen molar-refractivity contribution in [3.05, 3.63) is 22.4 Å². The number of carboxylic acid groups (broad SMARTS) is 1. The number of aliphatic hydroxyl groups excluding tert-OH is 1. The Morgan fingerprint density at radius 1 is 1.44 bits per heavy atom. The van der Waals surface area contributed by atoms with Gasteiger partial charge in [-0.15, -0.1) is 11.3 Å². The van der Waals surface area contributed by atoms with Crippen LogP contribution in [0.15, 0.2) is 17.5 Å². The summed E-state index contributed by atoms with van der Waals surface area (Å²) >= 11 is 1.54. The molecule has 150 valence electrons. The van der Waals surface area contributed by atoms with Gasteiger partial charge in [0, 0.05) is 29.5 Å². The first-order valence-electron chi connectivity index (χ1n) is 9.72. The number of thiophene rings is 1. The minimum Gasteiger partial charge on any atom is -0.480 e. The highest BCUT2D eigenvalue weighted by molar-refractivity contribution is 7.10. The fourth-order valence-corrected chi connectivity index (χ4v) is 4.86. The van der Waals surface area contributed by atoms with Crippen molar-refractivity contribution in [2.24, 2.45) is 0 Å². The van der Waals surface area contributed by atoms with Crippen LogP contribution < -0.4 is 5.32 Å². The maximum absolute atomic E-state index is 12.7. The molecule has 3 N–H and O–H groups in total. The third-order valence-corrected chi connectivity index (χ3v) is 6.68. The van der Waals surface area contributed by atoms with Gasteiger partial charge >= 0.3 is 12.0 Å². The van der Waals surface area contributed by atoms with Crippen molar-refractivity contribution >= 4 is 23.3 Å². The molecule has 1 saturated heterocycles. The smallest absolute Gasteiger partial charge is 0.317 e. The largest absolute Gasteiger partial charge is 0.480 e. The second-order valence-corrected chi connectivity index (χ2v) is 8.46. The van der Waals surface area contributed by atoms with Crippen LogP contribution in [0, 0.1) is 0 Å². The van der Waals surface area contributed by atoms with Gasteiger partial charge in [0.15, 0.2) is 0 Å². The van der Waals surface area contributed by atoms with Crippen LogP contribution in [0.5, 0.6) is 0 Å². The molecule has 2 atom stereocenters. The average molecular weight is 396 g/mol. The van der Waals surface area contributed by atoms with Gasteiger partial charge < -0.3 is 20.4 Å². The van der Waals surface area contributed by atoms with Crippen LogP contribution in [0.2, 0.25) is 0 Å². The van der Waals surface area contributed by atoms with Crippen LogP contribution in [0.1, 0.15) is 50.0 Å². The number of aliphatic carboxylic acids is 1. The highest BCUT2D eigenvalue weighted by atomic mass is 32.1. The summed E-state index contributed by atoms with van der Waals surface area (Å²) < 4.78 is 0. The summed E-state index contributed by atoms with van der Waals surface area (Å²) in [6.45, 7) is 3.44. The lowest BCUT2D eigenvalue weighted by molar-refractivity contribution is -0.139. The first-order chi connectivity index (χ1) is 13.0. The lowest BCUT2D eigenvalue weighted by Gasteiger charge is -2.43. The Morgan fingerprint density at radius 2 is 2.22 bits per heavy atom. The molecule has 1 saturated carbocycles. The topological polar surface area (TPSA) is 93.1 Å². The van der Waals surface area contributed by atoms with E-state index in [-0.39, 0.29) is 30.7 Å². The zero-order valence-corrected chi connectivity index (χ0v) is 16.5. The van der Waals surface area contributed by atoms with E-state index in [1.807, 2.05) is 34.2 Å². The Bertz CT molecular complexity index is 633. The summed E-state index contributed by atoms with van der Waals surface area (Å²) in [7, 11) is 0. The zero-order chi connectivity index (χ0) is 19.4. The molecule has 0 aromatic carbocycles. The fourth-order valence-electron chi connectivity index (χ4n) is 4.14. The number of likely N-dealkylation sites (tertiary alicyclic amines) is 1. The molecular weight excluding hydrogens is 366 g/mol. The summed E-state index contributed by atoms with van der Waals surface area (Å²) in [5, 5.41) is 24.4. The third kappa shape index (κ3) is 5.00. The molecule has 1 aliphatic carbocycles. The van der Waals surface area contributed by atoms with Crippen molar-refractivity contribution in [3.63, 3.8) is 0 Å². The van der Waals surface area contributed by atoms with Crippen LogP contribution in [-0.2, 0) is 4.79 Å². The van der Waals surface area contributed by atoms with E-state index >= 15 is 0 Å². The number of urea groups is 1. The van der Waals surface area contributed by atoms with E-state index in [9.17, 15) is 14.7 Å². The van der Waals surface area contributed by atoms with Crippen LogP contribution >= 0.6 is 11.3 Å². The summed E-state index contributed by atoms with van der Waals surface area (Å²) in [4.78, 5) is 28.3. The molecule has 2 fully saturated rings. The first kappa shape index (κ1) is 20.1. The predicted octanol–water partition coefficient (Wildman–Crippen LogP) is 2.28. The van der Waals surface area contributed by atoms with Gasteiger partial charge in [-0.3, -0.25) is 9.69 Å². The molecule has 27 heavy (non-hydrogen) atoms. The Kier molecular flexibility index (Phi) is 6.73. The molecule has 0 radical (unpaired) electrons. The number of likely N-dealkylation sites (N-methyl/N-ethyl adjacent to an activating group) is 1. The van der Waals surface area contributed by atoms with Gasteiger partial charge in [0.05, 0.1) is 12.6 Å². The average Bonchev–Trinajstić information content (AvgIpc) is 3.27. The Hall–Kier alpha value is -1.64. The highest BCUT2D eigenvalue weighted by Crippen LogP contribution is 2.30. The van der Waals surface area contributed by atoms with Crippen molar-refractivity contribution in [1.29, 1.82) is 0 Å². The lowest BCUT2D eigenvalue weighted by atomic mass is 9.85. The third-order valence-electron chi connectivity index (χ3n) is 5.71. The number of carbonyl (C=O) groups excluding carboxylic acids is 1. The molecule has 2 amide bonds.